The van der Waals surface area contributed by atoms with E-state index >= 15 is 0 Å². The van der Waals surface area contributed by atoms with Gasteiger partial charge in [-0.15, -0.1) is 11.8 Å². The molecule has 0 radical (unpaired) electrons. The van der Waals surface area contributed by atoms with Gasteiger partial charge in [-0.25, -0.2) is 0 Å². The number of halogens is 2. The van der Waals surface area contributed by atoms with Gasteiger partial charge in [0.2, 0.25) is 5.91 Å². The van der Waals surface area contributed by atoms with Crippen LogP contribution in [0.2, 0.25) is 10.0 Å². The molecule has 1 saturated heterocycles. The molecule has 1 heterocycles. The van der Waals surface area contributed by atoms with E-state index in [9.17, 15) is 4.79 Å². The smallest absolute Gasteiger partial charge is 0.238 e. The predicted molar refractivity (Wildman–Crippen MR) is 114 cm³/mol. The molecule has 4 rings (SSSR count). The van der Waals surface area contributed by atoms with Crippen LogP contribution in [0.15, 0.2) is 48.5 Å². The lowest BCUT2D eigenvalue weighted by atomic mass is 9.94. The number of nitrogens with zero attached hydrogens (tertiary/aromatic N) is 1. The van der Waals surface area contributed by atoms with Crippen molar-refractivity contribution >= 4 is 40.9 Å². The van der Waals surface area contributed by atoms with Crippen molar-refractivity contribution in [1.82, 2.24) is 4.90 Å². The van der Waals surface area contributed by atoms with Crippen LogP contribution in [0, 0.1) is 5.92 Å². The summed E-state index contributed by atoms with van der Waals surface area (Å²) in [6.07, 6.45) is 2.43. The van der Waals surface area contributed by atoms with Crippen LogP contribution in [0.4, 0.5) is 0 Å². The number of hydrogen-bond acceptors (Lipinski definition) is 2. The van der Waals surface area contributed by atoms with E-state index in [1.807, 2.05) is 44.2 Å². The summed E-state index contributed by atoms with van der Waals surface area (Å²) in [5.41, 5.74) is 2.29. The van der Waals surface area contributed by atoms with Crippen molar-refractivity contribution in [2.45, 2.75) is 42.7 Å². The van der Waals surface area contributed by atoms with Gasteiger partial charge in [0.15, 0.2) is 0 Å². The number of carbonyl (C=O) groups excluding carboxylic acids is 1. The highest BCUT2D eigenvalue weighted by atomic mass is 35.5. The Kier molecular flexibility index (Phi) is 5.22. The minimum Gasteiger partial charge on any atom is -0.333 e. The minimum absolute atomic E-state index is 0.0214. The van der Waals surface area contributed by atoms with Crippen LogP contribution < -0.4 is 0 Å². The summed E-state index contributed by atoms with van der Waals surface area (Å²) >= 11 is 14.2. The van der Waals surface area contributed by atoms with Crippen molar-refractivity contribution in [3.63, 3.8) is 0 Å². The lowest BCUT2D eigenvalue weighted by molar-refractivity contribution is -0.136. The quantitative estimate of drug-likeness (QED) is 0.560. The summed E-state index contributed by atoms with van der Waals surface area (Å²) in [6, 6.07) is 15.9. The zero-order valence-corrected chi connectivity index (χ0v) is 17.8. The van der Waals surface area contributed by atoms with E-state index in [1.165, 1.54) is 12.8 Å². The summed E-state index contributed by atoms with van der Waals surface area (Å²) in [6.45, 7) is 4.90. The zero-order chi connectivity index (χ0) is 19.2. The van der Waals surface area contributed by atoms with Gasteiger partial charge in [-0.1, -0.05) is 47.5 Å². The fraction of sp³-hybridized carbons (Fsp3) is 0.409. The molecule has 2 unspecified atom stereocenters. The summed E-state index contributed by atoms with van der Waals surface area (Å²) in [7, 11) is 0. The maximum Gasteiger partial charge on any atom is 0.238 e. The van der Waals surface area contributed by atoms with Crippen LogP contribution in [0.5, 0.6) is 0 Å². The van der Waals surface area contributed by atoms with Gasteiger partial charge in [-0.3, -0.25) is 4.79 Å². The average molecular weight is 420 g/mol. The maximum atomic E-state index is 13.4. The van der Waals surface area contributed by atoms with Crippen LogP contribution >= 0.6 is 35.0 Å². The van der Waals surface area contributed by atoms with E-state index in [0.29, 0.717) is 10.9 Å². The number of hydrogen-bond donors (Lipinski definition) is 0. The Hall–Kier alpha value is -1.16. The van der Waals surface area contributed by atoms with Gasteiger partial charge < -0.3 is 4.90 Å². The zero-order valence-electron chi connectivity index (χ0n) is 15.5. The molecule has 0 bridgehead atoms. The lowest BCUT2D eigenvalue weighted by Gasteiger charge is -2.48. The minimum atomic E-state index is -0.467. The molecule has 1 aliphatic heterocycles. The molecule has 2 aromatic carbocycles. The second-order valence-corrected chi connectivity index (χ2v) is 10.6. The molecule has 1 amide bonds. The van der Waals surface area contributed by atoms with Crippen LogP contribution in [0.25, 0.3) is 0 Å². The molecule has 27 heavy (non-hydrogen) atoms. The third-order valence-electron chi connectivity index (χ3n) is 5.36. The predicted octanol–water partition coefficient (Wildman–Crippen LogP) is 6.54. The van der Waals surface area contributed by atoms with E-state index in [0.717, 1.165) is 22.7 Å². The molecule has 2 nitrogen and oxygen atoms in total. The van der Waals surface area contributed by atoms with E-state index in [-0.39, 0.29) is 17.2 Å². The maximum absolute atomic E-state index is 13.4. The SMILES string of the molecule is CC1(C)SC(c2cccc(Cl)c2)C(c2ccc(Cl)cc2)N(CC2CC2)C1=O. The monoisotopic (exact) mass is 419 g/mol. The molecule has 142 valence electrons. The average Bonchev–Trinajstić information content (AvgIpc) is 3.44. The number of benzene rings is 2. The standard InChI is InChI=1S/C22H23Cl2NOS/c1-22(2)21(26)25(13-14-6-7-14)19(15-8-10-17(23)11-9-15)20(27-22)16-4-3-5-18(24)12-16/h3-5,8-12,14,19-20H,6-7,13H2,1-2H3. The molecule has 0 aromatic heterocycles. The largest absolute Gasteiger partial charge is 0.333 e. The van der Waals surface area contributed by atoms with Gasteiger partial charge in [0, 0.05) is 16.6 Å². The summed E-state index contributed by atoms with van der Waals surface area (Å²) in [5, 5.41) is 1.56. The Morgan fingerprint density at radius 3 is 2.37 bits per heavy atom. The first-order chi connectivity index (χ1) is 12.8. The Balaban J connectivity index is 1.81. The van der Waals surface area contributed by atoms with Crippen molar-refractivity contribution < 1.29 is 4.79 Å². The van der Waals surface area contributed by atoms with Gasteiger partial charge in [0.25, 0.3) is 0 Å². The molecular formula is C22H23Cl2NOS. The molecule has 0 spiro atoms. The van der Waals surface area contributed by atoms with Gasteiger partial charge in [0.05, 0.1) is 16.0 Å². The normalized spacial score (nSPS) is 24.9. The Labute approximate surface area is 175 Å². The molecular weight excluding hydrogens is 397 g/mol. The molecule has 1 aliphatic carbocycles. The molecule has 5 heteroatoms. The third-order valence-corrected chi connectivity index (χ3v) is 7.40. The second kappa shape index (κ2) is 7.35. The molecule has 1 saturated carbocycles. The number of amides is 1. The first kappa shape index (κ1) is 19.2. The number of rotatable bonds is 4. The van der Waals surface area contributed by atoms with Crippen LogP contribution in [0.1, 0.15) is 49.1 Å². The molecule has 2 atom stereocenters. The Morgan fingerprint density at radius 2 is 1.74 bits per heavy atom. The van der Waals surface area contributed by atoms with E-state index in [1.54, 1.807) is 11.8 Å². The lowest BCUT2D eigenvalue weighted by Crippen LogP contribution is -2.52. The molecule has 2 aromatic rings. The fourth-order valence-electron chi connectivity index (χ4n) is 3.79. The topological polar surface area (TPSA) is 20.3 Å². The molecule has 0 N–H and O–H groups in total. The van der Waals surface area contributed by atoms with E-state index < -0.39 is 4.75 Å². The van der Waals surface area contributed by atoms with Crippen molar-refractivity contribution in [3.8, 4) is 0 Å². The first-order valence-corrected chi connectivity index (χ1v) is 11.0. The first-order valence-electron chi connectivity index (χ1n) is 9.35. The highest BCUT2D eigenvalue weighted by Gasteiger charge is 2.49. The highest BCUT2D eigenvalue weighted by molar-refractivity contribution is 8.01. The Morgan fingerprint density at radius 1 is 1.04 bits per heavy atom. The number of thioether (sulfide) groups is 1. The van der Waals surface area contributed by atoms with Crippen molar-refractivity contribution in [1.29, 1.82) is 0 Å². The van der Waals surface area contributed by atoms with Gasteiger partial charge in [-0.05, 0) is 68.0 Å². The third kappa shape index (κ3) is 4.01. The molecule has 2 fully saturated rings. The Bertz CT molecular complexity index is 848. The van der Waals surface area contributed by atoms with Gasteiger partial charge in [-0.2, -0.15) is 0 Å². The van der Waals surface area contributed by atoms with Crippen LogP contribution in [-0.2, 0) is 4.79 Å². The van der Waals surface area contributed by atoms with E-state index in [4.69, 9.17) is 23.2 Å². The number of carbonyl (C=O) groups is 1. The van der Waals surface area contributed by atoms with Gasteiger partial charge in [0.1, 0.15) is 0 Å². The van der Waals surface area contributed by atoms with Crippen molar-refractivity contribution in [2.75, 3.05) is 6.54 Å². The summed E-state index contributed by atoms with van der Waals surface area (Å²) in [5.74, 6) is 0.847. The highest BCUT2D eigenvalue weighted by Crippen LogP contribution is 2.55. The molecule has 2 aliphatic rings. The van der Waals surface area contributed by atoms with Crippen molar-refractivity contribution in [2.24, 2.45) is 5.92 Å². The van der Waals surface area contributed by atoms with E-state index in [2.05, 4.69) is 23.1 Å². The summed E-state index contributed by atoms with van der Waals surface area (Å²) in [4.78, 5) is 15.5. The second-order valence-electron chi connectivity index (χ2n) is 8.00. The summed E-state index contributed by atoms with van der Waals surface area (Å²) < 4.78 is -0.467. The van der Waals surface area contributed by atoms with Crippen LogP contribution in [-0.4, -0.2) is 22.1 Å². The van der Waals surface area contributed by atoms with Crippen molar-refractivity contribution in [3.05, 3.63) is 69.7 Å². The van der Waals surface area contributed by atoms with Crippen LogP contribution in [0.3, 0.4) is 0 Å². The van der Waals surface area contributed by atoms with Gasteiger partial charge >= 0.3 is 0 Å². The fourth-order valence-corrected chi connectivity index (χ4v) is 5.68.